The van der Waals surface area contributed by atoms with Crippen molar-refractivity contribution in [2.45, 2.75) is 68.0 Å². The highest BCUT2D eigenvalue weighted by Gasteiger charge is 2.45. The van der Waals surface area contributed by atoms with Gasteiger partial charge in [-0.25, -0.2) is 9.37 Å². The van der Waals surface area contributed by atoms with Gasteiger partial charge in [-0.2, -0.15) is 5.26 Å². The first kappa shape index (κ1) is 23.0. The van der Waals surface area contributed by atoms with Gasteiger partial charge in [0, 0.05) is 26.5 Å². The normalized spacial score (nSPS) is 12.3. The molecule has 0 amide bonds. The molecule has 0 spiro atoms. The summed E-state index contributed by atoms with van der Waals surface area (Å²) < 4.78 is 18.5. The van der Waals surface area contributed by atoms with Crippen molar-refractivity contribution in [1.29, 1.82) is 5.26 Å². The lowest BCUT2D eigenvalue weighted by Gasteiger charge is -2.44. The van der Waals surface area contributed by atoms with Crippen molar-refractivity contribution in [1.82, 2.24) is 9.22 Å². The molecule has 1 aromatic carbocycles. The molecular formula is C23H27BrFN3SSi. The molecule has 0 atom stereocenters. The molecule has 0 saturated heterocycles. The molecule has 2 heterocycles. The number of halogens is 2. The van der Waals surface area contributed by atoms with Crippen LogP contribution in [0.3, 0.4) is 0 Å². The molecule has 158 valence electrons. The number of pyridine rings is 1. The molecule has 0 radical (unpaired) electrons. The summed E-state index contributed by atoms with van der Waals surface area (Å²) in [4.78, 5) is 5.31. The molecule has 7 heteroatoms. The Balaban J connectivity index is 2.19. The molecule has 0 fully saturated rings. The molecule has 0 N–H and O–H groups in total. The third-order valence-electron chi connectivity index (χ3n) is 6.10. The van der Waals surface area contributed by atoms with Crippen LogP contribution in [-0.2, 0) is 0 Å². The molecule has 0 unspecified atom stereocenters. The minimum absolute atomic E-state index is 0.256. The van der Waals surface area contributed by atoms with Gasteiger partial charge in [0.2, 0.25) is 0 Å². The zero-order chi connectivity index (χ0) is 22.2. The summed E-state index contributed by atoms with van der Waals surface area (Å²) in [7, 11) is -1.99. The van der Waals surface area contributed by atoms with Crippen LogP contribution >= 0.6 is 27.7 Å². The third kappa shape index (κ3) is 3.74. The monoisotopic (exact) mass is 503 g/mol. The number of fused-ring (bicyclic) bond motifs is 1. The number of hydrogen-bond donors (Lipinski definition) is 0. The molecule has 3 aromatic rings. The number of hydrogen-bond acceptors (Lipinski definition) is 3. The molecule has 3 nitrogen and oxygen atoms in total. The van der Waals surface area contributed by atoms with Gasteiger partial charge in [-0.15, -0.1) is 0 Å². The summed E-state index contributed by atoms with van der Waals surface area (Å²) in [5.41, 5.74) is 2.84. The Morgan fingerprint density at radius 1 is 1.10 bits per heavy atom. The van der Waals surface area contributed by atoms with E-state index in [1.54, 1.807) is 24.4 Å². The number of nitrogens with zero attached hydrogens (tertiary/aromatic N) is 3. The minimum Gasteiger partial charge on any atom is -0.373 e. The second-order valence-electron chi connectivity index (χ2n) is 8.56. The van der Waals surface area contributed by atoms with E-state index in [0.29, 0.717) is 27.2 Å². The highest BCUT2D eigenvalue weighted by molar-refractivity contribution is 9.10. The van der Waals surface area contributed by atoms with E-state index in [0.717, 1.165) is 20.3 Å². The molecule has 0 aliphatic carbocycles. The zero-order valence-electron chi connectivity index (χ0n) is 18.2. The summed E-state index contributed by atoms with van der Waals surface area (Å²) in [5.74, 6) is -0.256. The second kappa shape index (κ2) is 8.86. The van der Waals surface area contributed by atoms with Gasteiger partial charge in [-0.3, -0.25) is 0 Å². The third-order valence-corrected chi connectivity index (χ3v) is 15.1. The van der Waals surface area contributed by atoms with E-state index in [1.807, 2.05) is 6.07 Å². The smallest absolute Gasteiger partial charge is 0.169 e. The fourth-order valence-corrected chi connectivity index (χ4v) is 13.4. The van der Waals surface area contributed by atoms with Crippen LogP contribution in [0.2, 0.25) is 16.6 Å². The van der Waals surface area contributed by atoms with Gasteiger partial charge in [0.1, 0.15) is 17.6 Å². The highest BCUT2D eigenvalue weighted by Crippen LogP contribution is 2.46. The number of rotatable bonds is 6. The molecule has 0 saturated carbocycles. The maximum atomic E-state index is 15.4. The Morgan fingerprint density at radius 3 is 2.30 bits per heavy atom. The van der Waals surface area contributed by atoms with Gasteiger partial charge in [0.05, 0.1) is 4.90 Å². The first-order chi connectivity index (χ1) is 14.1. The highest BCUT2D eigenvalue weighted by atomic mass is 79.9. The first-order valence-electron chi connectivity index (χ1n) is 10.2. The van der Waals surface area contributed by atoms with Crippen molar-refractivity contribution in [3.05, 3.63) is 52.6 Å². The average molecular weight is 505 g/mol. The average Bonchev–Trinajstić information content (AvgIpc) is 3.09. The first-order valence-corrected chi connectivity index (χ1v) is 14.0. The van der Waals surface area contributed by atoms with Crippen LogP contribution < -0.4 is 0 Å². The van der Waals surface area contributed by atoms with Crippen LogP contribution in [0.5, 0.6) is 0 Å². The minimum atomic E-state index is -1.99. The van der Waals surface area contributed by atoms with E-state index in [-0.39, 0.29) is 5.82 Å². The number of aromatic nitrogens is 2. The van der Waals surface area contributed by atoms with Gasteiger partial charge < -0.3 is 4.23 Å². The lowest BCUT2D eigenvalue weighted by Crippen LogP contribution is -2.51. The summed E-state index contributed by atoms with van der Waals surface area (Å²) >= 11 is 4.99. The zero-order valence-corrected chi connectivity index (χ0v) is 21.6. The molecular weight excluding hydrogens is 477 g/mol. The second-order valence-corrected chi connectivity index (χ2v) is 16.2. The predicted molar refractivity (Wildman–Crippen MR) is 129 cm³/mol. The van der Waals surface area contributed by atoms with Gasteiger partial charge in [0.15, 0.2) is 8.24 Å². The van der Waals surface area contributed by atoms with E-state index in [9.17, 15) is 0 Å². The van der Waals surface area contributed by atoms with Crippen molar-refractivity contribution in [2.75, 3.05) is 0 Å². The Kier molecular flexibility index (Phi) is 6.80. The Labute approximate surface area is 191 Å². The van der Waals surface area contributed by atoms with E-state index in [4.69, 9.17) is 5.26 Å². The largest absolute Gasteiger partial charge is 0.373 e. The van der Waals surface area contributed by atoms with Crippen molar-refractivity contribution in [3.63, 3.8) is 0 Å². The Morgan fingerprint density at radius 2 is 1.73 bits per heavy atom. The van der Waals surface area contributed by atoms with Crippen molar-refractivity contribution < 1.29 is 4.39 Å². The molecule has 2 aromatic heterocycles. The van der Waals surface area contributed by atoms with Crippen molar-refractivity contribution in [3.8, 4) is 6.07 Å². The van der Waals surface area contributed by atoms with E-state index >= 15 is 4.39 Å². The topological polar surface area (TPSA) is 41.6 Å². The van der Waals surface area contributed by atoms with Crippen LogP contribution in [0, 0.1) is 17.1 Å². The van der Waals surface area contributed by atoms with Crippen LogP contribution in [0.4, 0.5) is 4.39 Å². The fraction of sp³-hybridized carbons (Fsp3) is 0.391. The van der Waals surface area contributed by atoms with Crippen LogP contribution in [-0.4, -0.2) is 17.5 Å². The molecule has 0 bridgehead atoms. The maximum Gasteiger partial charge on any atom is 0.169 e. The summed E-state index contributed by atoms with van der Waals surface area (Å²) in [6.07, 6.45) is 3.74. The Bertz CT molecular complexity index is 1100. The van der Waals surface area contributed by atoms with Gasteiger partial charge in [-0.05, 0) is 63.0 Å². The van der Waals surface area contributed by atoms with Gasteiger partial charge >= 0.3 is 0 Å². The lowest BCUT2D eigenvalue weighted by molar-refractivity contribution is 0.602. The van der Waals surface area contributed by atoms with Crippen LogP contribution in [0.1, 0.15) is 47.2 Å². The standard InChI is InChI=1S/C23H27BrFN3SSi/c1-14(2)30(15(3)4,16(5)6)28-10-8-19-21(28)12-20(25)23(22(19)24)29-18-7-9-27-17(11-18)13-26/h7-12,14-16H,1-6H3. The van der Waals surface area contributed by atoms with E-state index < -0.39 is 8.24 Å². The van der Waals surface area contributed by atoms with Crippen molar-refractivity contribution >= 4 is 46.8 Å². The summed E-state index contributed by atoms with van der Waals surface area (Å²) in [6, 6.07) is 9.29. The van der Waals surface area contributed by atoms with E-state index in [2.05, 4.69) is 79.0 Å². The molecule has 3 rings (SSSR count). The van der Waals surface area contributed by atoms with Crippen molar-refractivity contribution in [2.24, 2.45) is 0 Å². The predicted octanol–water partition coefficient (Wildman–Crippen LogP) is 7.98. The summed E-state index contributed by atoms with van der Waals surface area (Å²) in [5, 5.41) is 10.1. The van der Waals surface area contributed by atoms with Crippen LogP contribution in [0.25, 0.3) is 10.9 Å². The molecule has 0 aliphatic heterocycles. The number of benzene rings is 1. The van der Waals surface area contributed by atoms with Gasteiger partial charge in [-0.1, -0.05) is 53.3 Å². The van der Waals surface area contributed by atoms with Crippen LogP contribution in [0.15, 0.2) is 50.9 Å². The molecule has 30 heavy (non-hydrogen) atoms. The number of nitriles is 1. The maximum absolute atomic E-state index is 15.4. The Hall–Kier alpha value is -1.62. The fourth-order valence-electron chi connectivity index (χ4n) is 5.11. The molecule has 0 aliphatic rings. The quantitative estimate of drug-likeness (QED) is 0.320. The SMILES string of the molecule is CC(C)[Si](C(C)C)(C(C)C)n1ccc2c(Br)c(Sc3ccnc(C#N)c3)c(F)cc21. The lowest BCUT2D eigenvalue weighted by atomic mass is 10.2. The van der Waals surface area contributed by atoms with E-state index in [1.165, 1.54) is 11.8 Å². The van der Waals surface area contributed by atoms with Gasteiger partial charge in [0.25, 0.3) is 0 Å². The summed E-state index contributed by atoms with van der Waals surface area (Å²) in [6.45, 7) is 13.9.